The zero-order chi connectivity index (χ0) is 14.0. The average Bonchev–Trinajstić information content (AvgIpc) is 2.49. The monoisotopic (exact) mass is 291 g/mol. The third kappa shape index (κ3) is 2.71. The summed E-state index contributed by atoms with van der Waals surface area (Å²) < 4.78 is 0. The summed E-state index contributed by atoms with van der Waals surface area (Å²) in [6.07, 6.45) is 10.5. The highest BCUT2D eigenvalue weighted by molar-refractivity contribution is 6.31. The van der Waals surface area contributed by atoms with Crippen LogP contribution in [0.4, 0.5) is 5.69 Å². The van der Waals surface area contributed by atoms with Gasteiger partial charge in [0.25, 0.3) is 0 Å². The van der Waals surface area contributed by atoms with Gasteiger partial charge >= 0.3 is 0 Å². The van der Waals surface area contributed by atoms with E-state index in [4.69, 9.17) is 11.6 Å². The van der Waals surface area contributed by atoms with E-state index in [0.717, 1.165) is 30.6 Å². The Labute approximate surface area is 126 Å². The van der Waals surface area contributed by atoms with E-state index in [1.807, 2.05) is 12.1 Å². The van der Waals surface area contributed by atoms with Crippen LogP contribution in [0.15, 0.2) is 18.2 Å². The molecule has 0 N–H and O–H groups in total. The predicted octanol–water partition coefficient (Wildman–Crippen LogP) is 4.70. The van der Waals surface area contributed by atoms with E-state index < -0.39 is 0 Å². The molecule has 108 valence electrons. The van der Waals surface area contributed by atoms with Gasteiger partial charge in [-0.1, -0.05) is 30.9 Å². The van der Waals surface area contributed by atoms with Crippen LogP contribution in [0.25, 0.3) is 0 Å². The maximum absolute atomic E-state index is 11.2. The van der Waals surface area contributed by atoms with Crippen LogP contribution in [0.1, 0.15) is 55.3 Å². The Hall–Kier alpha value is -1.02. The van der Waals surface area contributed by atoms with E-state index in [0.29, 0.717) is 10.4 Å². The van der Waals surface area contributed by atoms with Gasteiger partial charge < -0.3 is 4.90 Å². The number of carbonyl (C=O) groups excluding carboxylic acids is 1. The molecule has 0 unspecified atom stereocenters. The molecule has 2 aliphatic rings. The molecule has 1 aliphatic heterocycles. The average molecular weight is 292 g/mol. The quantitative estimate of drug-likeness (QED) is 0.736. The van der Waals surface area contributed by atoms with Gasteiger partial charge in [0.2, 0.25) is 0 Å². The van der Waals surface area contributed by atoms with Crippen LogP contribution in [0.3, 0.4) is 0 Å². The van der Waals surface area contributed by atoms with Crippen LogP contribution in [-0.4, -0.2) is 19.4 Å². The molecular formula is C17H22ClNO. The van der Waals surface area contributed by atoms with Crippen LogP contribution in [-0.2, 0) is 0 Å². The molecule has 2 nitrogen and oxygen atoms in total. The summed E-state index contributed by atoms with van der Waals surface area (Å²) >= 11 is 6.09. The van der Waals surface area contributed by atoms with E-state index >= 15 is 0 Å². The molecule has 3 rings (SSSR count). The van der Waals surface area contributed by atoms with Gasteiger partial charge in [0, 0.05) is 29.4 Å². The first-order valence-corrected chi connectivity index (χ1v) is 8.10. The van der Waals surface area contributed by atoms with Gasteiger partial charge in [0.1, 0.15) is 0 Å². The minimum absolute atomic E-state index is 0.592. The topological polar surface area (TPSA) is 20.3 Å². The minimum Gasteiger partial charge on any atom is -0.371 e. The van der Waals surface area contributed by atoms with Gasteiger partial charge in [-0.3, -0.25) is 4.79 Å². The second-order valence-corrected chi connectivity index (χ2v) is 6.81. The fourth-order valence-corrected chi connectivity index (χ4v) is 4.08. The summed E-state index contributed by atoms with van der Waals surface area (Å²) in [7, 11) is 0. The number of rotatable bonds is 2. The summed E-state index contributed by atoms with van der Waals surface area (Å²) in [5, 5.41) is 0.712. The summed E-state index contributed by atoms with van der Waals surface area (Å²) in [6, 6.07) is 5.56. The summed E-state index contributed by atoms with van der Waals surface area (Å²) in [5.74, 6) is 0. The fraction of sp³-hybridized carbons (Fsp3) is 0.588. The maximum atomic E-state index is 11.2. The Balaban J connectivity index is 1.74. The minimum atomic E-state index is 0.592. The largest absolute Gasteiger partial charge is 0.371 e. The molecule has 0 radical (unpaired) electrons. The second kappa shape index (κ2) is 5.77. The summed E-state index contributed by atoms with van der Waals surface area (Å²) in [6.45, 7) is 2.11. The molecule has 1 aromatic carbocycles. The summed E-state index contributed by atoms with van der Waals surface area (Å²) in [5.41, 5.74) is 2.36. The van der Waals surface area contributed by atoms with E-state index in [1.165, 1.54) is 44.9 Å². The molecule has 1 aliphatic carbocycles. The number of carbonyl (C=O) groups is 1. The van der Waals surface area contributed by atoms with Crippen molar-refractivity contribution < 1.29 is 4.79 Å². The number of halogens is 1. The van der Waals surface area contributed by atoms with Crippen LogP contribution >= 0.6 is 11.6 Å². The first-order chi connectivity index (χ1) is 9.72. The van der Waals surface area contributed by atoms with Crippen LogP contribution in [0.2, 0.25) is 5.02 Å². The van der Waals surface area contributed by atoms with Gasteiger partial charge in [0.05, 0.1) is 0 Å². The normalized spacial score (nSPS) is 21.9. The number of hydrogen-bond donors (Lipinski definition) is 0. The smallest absolute Gasteiger partial charge is 0.152 e. The van der Waals surface area contributed by atoms with Crippen LogP contribution < -0.4 is 4.90 Å². The highest BCUT2D eigenvalue weighted by atomic mass is 35.5. The lowest BCUT2D eigenvalue weighted by Crippen LogP contribution is -2.41. The molecular weight excluding hydrogens is 270 g/mol. The lowest BCUT2D eigenvalue weighted by Gasteiger charge is -2.45. The number of aldehydes is 1. The molecule has 0 bridgehead atoms. The van der Waals surface area contributed by atoms with Crippen molar-refractivity contribution in [3.8, 4) is 0 Å². The molecule has 2 fully saturated rings. The van der Waals surface area contributed by atoms with Gasteiger partial charge in [-0.15, -0.1) is 0 Å². The van der Waals surface area contributed by atoms with Gasteiger partial charge in [-0.25, -0.2) is 0 Å². The van der Waals surface area contributed by atoms with Crippen molar-refractivity contribution >= 4 is 23.6 Å². The molecule has 0 atom stereocenters. The van der Waals surface area contributed by atoms with E-state index in [-0.39, 0.29) is 0 Å². The fourth-order valence-electron chi connectivity index (χ4n) is 3.91. The Morgan fingerprint density at radius 3 is 2.40 bits per heavy atom. The van der Waals surface area contributed by atoms with Crippen molar-refractivity contribution in [2.24, 2.45) is 5.41 Å². The summed E-state index contributed by atoms with van der Waals surface area (Å²) in [4.78, 5) is 13.5. The van der Waals surface area contributed by atoms with Crippen molar-refractivity contribution in [3.63, 3.8) is 0 Å². The van der Waals surface area contributed by atoms with Crippen molar-refractivity contribution in [2.75, 3.05) is 18.0 Å². The Bertz CT molecular complexity index is 484. The lowest BCUT2D eigenvalue weighted by atomic mass is 9.68. The van der Waals surface area contributed by atoms with Crippen molar-refractivity contribution in [2.45, 2.75) is 44.9 Å². The Kier molecular flexibility index (Phi) is 4.02. The second-order valence-electron chi connectivity index (χ2n) is 6.37. The Morgan fingerprint density at radius 2 is 1.75 bits per heavy atom. The molecule has 3 heteroatoms. The van der Waals surface area contributed by atoms with Crippen LogP contribution in [0, 0.1) is 5.41 Å². The van der Waals surface area contributed by atoms with Gasteiger partial charge in [0.15, 0.2) is 6.29 Å². The first-order valence-electron chi connectivity index (χ1n) is 7.72. The van der Waals surface area contributed by atoms with Crippen molar-refractivity contribution in [3.05, 3.63) is 28.8 Å². The third-order valence-electron chi connectivity index (χ3n) is 5.20. The van der Waals surface area contributed by atoms with E-state index in [2.05, 4.69) is 4.90 Å². The number of piperidine rings is 1. The number of benzene rings is 1. The van der Waals surface area contributed by atoms with Crippen molar-refractivity contribution in [1.29, 1.82) is 0 Å². The SMILES string of the molecule is O=Cc1ccc(Cl)cc1N1CCC2(CCCCC2)CC1. The highest BCUT2D eigenvalue weighted by Crippen LogP contribution is 2.45. The zero-order valence-corrected chi connectivity index (χ0v) is 12.7. The highest BCUT2D eigenvalue weighted by Gasteiger charge is 2.35. The van der Waals surface area contributed by atoms with E-state index in [9.17, 15) is 4.79 Å². The maximum Gasteiger partial charge on any atom is 0.152 e. The molecule has 20 heavy (non-hydrogen) atoms. The standard InChI is InChI=1S/C17H22ClNO/c18-15-5-4-14(13-20)16(12-15)19-10-8-17(9-11-19)6-2-1-3-7-17/h4-5,12-13H,1-3,6-11H2. The molecule has 1 saturated carbocycles. The molecule has 1 heterocycles. The van der Waals surface area contributed by atoms with E-state index in [1.54, 1.807) is 6.07 Å². The first kappa shape index (κ1) is 13.9. The lowest BCUT2D eigenvalue weighted by molar-refractivity contribution is 0.112. The van der Waals surface area contributed by atoms with Gasteiger partial charge in [-0.05, 0) is 49.3 Å². The van der Waals surface area contributed by atoms with Crippen LogP contribution in [0.5, 0.6) is 0 Å². The molecule has 1 spiro atoms. The number of anilines is 1. The number of hydrogen-bond acceptors (Lipinski definition) is 2. The third-order valence-corrected chi connectivity index (χ3v) is 5.43. The van der Waals surface area contributed by atoms with Crippen molar-refractivity contribution in [1.82, 2.24) is 0 Å². The molecule has 1 saturated heterocycles. The molecule has 0 amide bonds. The molecule has 1 aromatic rings. The Morgan fingerprint density at radius 1 is 1.05 bits per heavy atom. The number of nitrogens with zero attached hydrogens (tertiary/aromatic N) is 1. The van der Waals surface area contributed by atoms with Gasteiger partial charge in [-0.2, -0.15) is 0 Å². The predicted molar refractivity (Wildman–Crippen MR) is 83.8 cm³/mol. The molecule has 0 aromatic heterocycles. The zero-order valence-electron chi connectivity index (χ0n) is 11.9.